The molecule has 0 aliphatic heterocycles. The van der Waals surface area contributed by atoms with Crippen LogP contribution in [0.2, 0.25) is 0 Å². The molecule has 1 aliphatic carbocycles. The quantitative estimate of drug-likeness (QED) is 0.938. The van der Waals surface area contributed by atoms with Gasteiger partial charge in [0.2, 0.25) is 5.88 Å². The maximum Gasteiger partial charge on any atom is 0.257 e. The highest BCUT2D eigenvalue weighted by Crippen LogP contribution is 2.29. The van der Waals surface area contributed by atoms with E-state index in [0.717, 1.165) is 24.8 Å². The average molecular weight is 300 g/mol. The van der Waals surface area contributed by atoms with Crippen molar-refractivity contribution in [1.82, 2.24) is 20.1 Å². The summed E-state index contributed by atoms with van der Waals surface area (Å²) in [6, 6.07) is 3.48. The number of hydrogen-bond acceptors (Lipinski definition) is 4. The molecule has 0 spiro atoms. The van der Waals surface area contributed by atoms with E-state index in [1.807, 2.05) is 24.9 Å². The molecule has 6 nitrogen and oxygen atoms in total. The van der Waals surface area contributed by atoms with Gasteiger partial charge in [-0.25, -0.2) is 4.98 Å². The highest BCUT2D eigenvalue weighted by molar-refractivity contribution is 5.96. The summed E-state index contributed by atoms with van der Waals surface area (Å²) in [5.41, 5.74) is 2.79. The molecule has 6 heteroatoms. The van der Waals surface area contributed by atoms with Crippen molar-refractivity contribution >= 4 is 5.91 Å². The highest BCUT2D eigenvalue weighted by atomic mass is 16.5. The summed E-state index contributed by atoms with van der Waals surface area (Å²) in [7, 11) is 1.94. The summed E-state index contributed by atoms with van der Waals surface area (Å²) in [5.74, 6) is 0.225. The number of carbonyl (C=O) groups excluding carboxylic acids is 1. The Kier molecular flexibility index (Phi) is 4.09. The molecule has 0 saturated heterocycles. The summed E-state index contributed by atoms with van der Waals surface area (Å²) in [6.45, 7) is 2.35. The van der Waals surface area contributed by atoms with Gasteiger partial charge in [0.25, 0.3) is 5.91 Å². The van der Waals surface area contributed by atoms with Crippen LogP contribution in [0.25, 0.3) is 0 Å². The third-order valence-electron chi connectivity index (χ3n) is 3.98. The standard InChI is InChI=1S/C16H20N4O2/c1-3-22-16-11(6-5-9-17-16)15(21)19-13-7-4-8-14-12(13)10-18-20(14)2/h5-6,9-10,13H,3-4,7-8H2,1-2H3,(H,19,21)/t13-/m1/s1. The normalized spacial score (nSPS) is 16.9. The third kappa shape index (κ3) is 2.68. The van der Waals surface area contributed by atoms with Gasteiger partial charge < -0.3 is 10.1 Å². The minimum Gasteiger partial charge on any atom is -0.477 e. The maximum atomic E-state index is 12.6. The molecule has 2 aromatic heterocycles. The monoisotopic (exact) mass is 300 g/mol. The average Bonchev–Trinajstić information content (AvgIpc) is 2.91. The van der Waals surface area contributed by atoms with E-state index < -0.39 is 0 Å². The van der Waals surface area contributed by atoms with Crippen molar-refractivity contribution in [2.24, 2.45) is 7.05 Å². The molecule has 1 atom stereocenters. The molecule has 1 aliphatic rings. The topological polar surface area (TPSA) is 69.0 Å². The van der Waals surface area contributed by atoms with Crippen molar-refractivity contribution in [2.45, 2.75) is 32.2 Å². The summed E-state index contributed by atoms with van der Waals surface area (Å²) < 4.78 is 7.32. The van der Waals surface area contributed by atoms with Gasteiger partial charge in [0.1, 0.15) is 5.56 Å². The van der Waals surface area contributed by atoms with Crippen LogP contribution in [0.4, 0.5) is 0 Å². The molecular formula is C16H20N4O2. The molecule has 3 rings (SSSR count). The number of rotatable bonds is 4. The van der Waals surface area contributed by atoms with E-state index in [1.165, 1.54) is 5.69 Å². The van der Waals surface area contributed by atoms with Crippen LogP contribution in [-0.4, -0.2) is 27.3 Å². The summed E-state index contributed by atoms with van der Waals surface area (Å²) in [6.07, 6.45) is 6.46. The molecule has 0 bridgehead atoms. The summed E-state index contributed by atoms with van der Waals surface area (Å²) >= 11 is 0. The Morgan fingerprint density at radius 3 is 3.23 bits per heavy atom. The zero-order valence-corrected chi connectivity index (χ0v) is 12.9. The first-order valence-corrected chi connectivity index (χ1v) is 7.60. The molecule has 0 radical (unpaired) electrons. The number of hydrogen-bond donors (Lipinski definition) is 1. The van der Waals surface area contributed by atoms with Crippen molar-refractivity contribution in [3.05, 3.63) is 41.3 Å². The van der Waals surface area contributed by atoms with E-state index in [0.29, 0.717) is 18.1 Å². The van der Waals surface area contributed by atoms with Crippen LogP contribution in [0, 0.1) is 0 Å². The molecule has 1 amide bonds. The van der Waals surface area contributed by atoms with Gasteiger partial charge in [-0.3, -0.25) is 9.48 Å². The van der Waals surface area contributed by atoms with Crippen molar-refractivity contribution in [3.63, 3.8) is 0 Å². The van der Waals surface area contributed by atoms with Gasteiger partial charge in [0.05, 0.1) is 18.8 Å². The first-order chi connectivity index (χ1) is 10.7. The van der Waals surface area contributed by atoms with Gasteiger partial charge in [-0.1, -0.05) is 0 Å². The Morgan fingerprint density at radius 1 is 1.55 bits per heavy atom. The van der Waals surface area contributed by atoms with Crippen molar-refractivity contribution in [1.29, 1.82) is 0 Å². The smallest absolute Gasteiger partial charge is 0.257 e. The molecule has 0 saturated carbocycles. The van der Waals surface area contributed by atoms with E-state index in [-0.39, 0.29) is 11.9 Å². The Labute approximate surface area is 129 Å². The number of ether oxygens (including phenoxy) is 1. The molecule has 1 N–H and O–H groups in total. The van der Waals surface area contributed by atoms with Crippen LogP contribution in [0.1, 0.15) is 47.4 Å². The summed E-state index contributed by atoms with van der Waals surface area (Å²) in [4.78, 5) is 16.7. The Bertz CT molecular complexity index is 681. The second-order valence-corrected chi connectivity index (χ2v) is 5.38. The first-order valence-electron chi connectivity index (χ1n) is 7.60. The zero-order valence-electron chi connectivity index (χ0n) is 12.9. The van der Waals surface area contributed by atoms with Gasteiger partial charge in [-0.15, -0.1) is 0 Å². The third-order valence-corrected chi connectivity index (χ3v) is 3.98. The molecule has 0 fully saturated rings. The molecular weight excluding hydrogens is 280 g/mol. The minimum atomic E-state index is -0.154. The Balaban J connectivity index is 1.81. The van der Waals surface area contributed by atoms with E-state index in [2.05, 4.69) is 15.4 Å². The highest BCUT2D eigenvalue weighted by Gasteiger charge is 2.26. The predicted octanol–water partition coefficient (Wildman–Crippen LogP) is 2.02. The lowest BCUT2D eigenvalue weighted by atomic mass is 9.93. The first kappa shape index (κ1) is 14.6. The number of amides is 1. The fraction of sp³-hybridized carbons (Fsp3) is 0.438. The van der Waals surface area contributed by atoms with Crippen LogP contribution in [0.15, 0.2) is 24.5 Å². The molecule has 22 heavy (non-hydrogen) atoms. The Hall–Kier alpha value is -2.37. The van der Waals surface area contributed by atoms with Crippen LogP contribution in [0.5, 0.6) is 5.88 Å². The van der Waals surface area contributed by atoms with E-state index in [4.69, 9.17) is 4.74 Å². The minimum absolute atomic E-state index is 0.000340. The number of aromatic nitrogens is 3. The lowest BCUT2D eigenvalue weighted by molar-refractivity contribution is 0.0928. The molecule has 2 aromatic rings. The van der Waals surface area contributed by atoms with Crippen molar-refractivity contribution in [3.8, 4) is 5.88 Å². The van der Waals surface area contributed by atoms with Gasteiger partial charge in [-0.2, -0.15) is 5.10 Å². The maximum absolute atomic E-state index is 12.6. The van der Waals surface area contributed by atoms with Crippen LogP contribution >= 0.6 is 0 Å². The number of nitrogens with one attached hydrogen (secondary N) is 1. The Morgan fingerprint density at radius 2 is 2.41 bits per heavy atom. The van der Waals surface area contributed by atoms with Crippen LogP contribution in [0.3, 0.4) is 0 Å². The lowest BCUT2D eigenvalue weighted by Crippen LogP contribution is -2.31. The number of carbonyl (C=O) groups is 1. The van der Waals surface area contributed by atoms with Crippen molar-refractivity contribution in [2.75, 3.05) is 6.61 Å². The second-order valence-electron chi connectivity index (χ2n) is 5.38. The van der Waals surface area contributed by atoms with E-state index >= 15 is 0 Å². The van der Waals surface area contributed by atoms with E-state index in [9.17, 15) is 4.79 Å². The van der Waals surface area contributed by atoms with Crippen LogP contribution < -0.4 is 10.1 Å². The zero-order chi connectivity index (χ0) is 15.5. The molecule has 0 unspecified atom stereocenters. The van der Waals surface area contributed by atoms with Gasteiger partial charge in [0.15, 0.2) is 0 Å². The number of fused-ring (bicyclic) bond motifs is 1. The van der Waals surface area contributed by atoms with Gasteiger partial charge in [-0.05, 0) is 38.3 Å². The number of pyridine rings is 1. The largest absolute Gasteiger partial charge is 0.477 e. The molecule has 116 valence electrons. The fourth-order valence-corrected chi connectivity index (χ4v) is 2.91. The number of nitrogens with zero attached hydrogens (tertiary/aromatic N) is 3. The molecule has 0 aromatic carbocycles. The second kappa shape index (κ2) is 6.17. The van der Waals surface area contributed by atoms with Crippen molar-refractivity contribution < 1.29 is 9.53 Å². The summed E-state index contributed by atoms with van der Waals surface area (Å²) in [5, 5.41) is 7.40. The SMILES string of the molecule is CCOc1ncccc1C(=O)N[C@@H]1CCCc2c1cnn2C. The number of aryl methyl sites for hydroxylation is 1. The predicted molar refractivity (Wildman–Crippen MR) is 81.8 cm³/mol. The van der Waals surface area contributed by atoms with Gasteiger partial charge in [0, 0.05) is 24.5 Å². The van der Waals surface area contributed by atoms with Crippen LogP contribution in [-0.2, 0) is 13.5 Å². The van der Waals surface area contributed by atoms with Gasteiger partial charge >= 0.3 is 0 Å². The fourth-order valence-electron chi connectivity index (χ4n) is 2.91. The van der Waals surface area contributed by atoms with E-state index in [1.54, 1.807) is 18.3 Å². The molecule has 2 heterocycles. The lowest BCUT2D eigenvalue weighted by Gasteiger charge is -2.24.